The molecule has 0 spiro atoms. The maximum absolute atomic E-state index is 10.7. The third-order valence-electron chi connectivity index (χ3n) is 1.84. The zero-order chi connectivity index (χ0) is 10.8. The van der Waals surface area contributed by atoms with Crippen LogP contribution in [0.25, 0.3) is 0 Å². The van der Waals surface area contributed by atoms with Crippen molar-refractivity contribution in [2.75, 3.05) is 13.6 Å². The van der Waals surface area contributed by atoms with Gasteiger partial charge in [-0.1, -0.05) is 6.92 Å². The average Bonchev–Trinajstić information content (AvgIpc) is 2.34. The Labute approximate surface area is 83.0 Å². The third-order valence-corrected chi connectivity index (χ3v) is 2.30. The van der Waals surface area contributed by atoms with Gasteiger partial charge < -0.3 is 19.6 Å². The molecule has 0 bridgehead atoms. The van der Waals surface area contributed by atoms with Gasteiger partial charge in [0, 0.05) is 26.0 Å². The van der Waals surface area contributed by atoms with Gasteiger partial charge in [-0.25, -0.2) is 9.09 Å². The first kappa shape index (κ1) is 11.5. The van der Waals surface area contributed by atoms with Crippen molar-refractivity contribution in [1.82, 2.24) is 9.80 Å². The molecule has 1 heterocycles. The molecule has 0 aromatic heterocycles. The molecule has 7 heteroatoms. The van der Waals surface area contributed by atoms with E-state index >= 15 is 0 Å². The van der Waals surface area contributed by atoms with Crippen LogP contribution in [-0.4, -0.2) is 39.5 Å². The SMILES string of the molecule is CCCN1C=CN(C)C1OP(=O)(O)O. The molecule has 0 radical (unpaired) electrons. The molecule has 1 atom stereocenters. The predicted molar refractivity (Wildman–Crippen MR) is 50.8 cm³/mol. The lowest BCUT2D eigenvalue weighted by Crippen LogP contribution is -2.38. The van der Waals surface area contributed by atoms with Gasteiger partial charge >= 0.3 is 7.82 Å². The first-order chi connectivity index (χ1) is 6.44. The summed E-state index contributed by atoms with van der Waals surface area (Å²) in [6, 6.07) is 0. The number of phosphoric acid groups is 1. The highest BCUT2D eigenvalue weighted by Crippen LogP contribution is 2.39. The van der Waals surface area contributed by atoms with Crippen molar-refractivity contribution in [3.8, 4) is 0 Å². The van der Waals surface area contributed by atoms with Gasteiger partial charge in [0.05, 0.1) is 0 Å². The largest absolute Gasteiger partial charge is 0.472 e. The van der Waals surface area contributed by atoms with Gasteiger partial charge in [0.2, 0.25) is 6.35 Å². The summed E-state index contributed by atoms with van der Waals surface area (Å²) in [5.41, 5.74) is 0. The normalized spacial score (nSPS) is 22.1. The molecule has 0 fully saturated rings. The molecule has 0 aromatic rings. The molecule has 1 rings (SSSR count). The van der Waals surface area contributed by atoms with E-state index in [1.165, 1.54) is 0 Å². The molecule has 0 aromatic carbocycles. The first-order valence-corrected chi connectivity index (χ1v) is 5.87. The maximum Gasteiger partial charge on any atom is 0.472 e. The molecule has 1 aliphatic heterocycles. The lowest BCUT2D eigenvalue weighted by molar-refractivity contribution is -0.0330. The number of phosphoric ester groups is 1. The molecule has 6 nitrogen and oxygen atoms in total. The molecule has 82 valence electrons. The molecule has 2 N–H and O–H groups in total. The fourth-order valence-electron chi connectivity index (χ4n) is 1.27. The highest BCUT2D eigenvalue weighted by molar-refractivity contribution is 7.46. The summed E-state index contributed by atoms with van der Waals surface area (Å²) < 4.78 is 15.3. The predicted octanol–water partition coefficient (Wildman–Crippen LogP) is 0.508. The summed E-state index contributed by atoms with van der Waals surface area (Å²) in [7, 11) is -2.74. The van der Waals surface area contributed by atoms with Crippen LogP contribution in [-0.2, 0) is 9.09 Å². The Morgan fingerprint density at radius 3 is 2.64 bits per heavy atom. The Morgan fingerprint density at radius 2 is 2.14 bits per heavy atom. The van der Waals surface area contributed by atoms with Crippen molar-refractivity contribution in [2.45, 2.75) is 19.7 Å². The van der Waals surface area contributed by atoms with Gasteiger partial charge in [0.15, 0.2) is 0 Å². The molecular weight excluding hydrogens is 207 g/mol. The van der Waals surface area contributed by atoms with Crippen molar-refractivity contribution in [3.05, 3.63) is 12.4 Å². The Bertz CT molecular complexity index is 264. The molecular formula is C7H15N2O4P. The van der Waals surface area contributed by atoms with Gasteiger partial charge in [-0.15, -0.1) is 0 Å². The smallest absolute Gasteiger partial charge is 0.337 e. The second kappa shape index (κ2) is 4.31. The summed E-state index contributed by atoms with van der Waals surface area (Å²) in [5, 5.41) is 0. The topological polar surface area (TPSA) is 73.2 Å². The van der Waals surface area contributed by atoms with Crippen LogP contribution in [0.4, 0.5) is 0 Å². The Morgan fingerprint density at radius 1 is 1.50 bits per heavy atom. The Kier molecular flexibility index (Phi) is 3.55. The van der Waals surface area contributed by atoms with Crippen LogP contribution in [0.3, 0.4) is 0 Å². The van der Waals surface area contributed by atoms with Crippen LogP contribution < -0.4 is 0 Å². The average molecular weight is 222 g/mol. The van der Waals surface area contributed by atoms with Gasteiger partial charge in [0.25, 0.3) is 0 Å². The van der Waals surface area contributed by atoms with Crippen LogP contribution in [0.15, 0.2) is 12.4 Å². The number of hydrogen-bond acceptors (Lipinski definition) is 4. The van der Waals surface area contributed by atoms with Gasteiger partial charge in [-0.05, 0) is 6.42 Å². The molecule has 1 aliphatic rings. The van der Waals surface area contributed by atoms with Crippen LogP contribution in [0.2, 0.25) is 0 Å². The zero-order valence-electron chi connectivity index (χ0n) is 8.20. The van der Waals surface area contributed by atoms with E-state index < -0.39 is 14.2 Å². The van der Waals surface area contributed by atoms with Crippen LogP contribution >= 0.6 is 7.82 Å². The molecule has 0 saturated carbocycles. The second-order valence-electron chi connectivity index (χ2n) is 3.12. The van der Waals surface area contributed by atoms with E-state index in [9.17, 15) is 4.57 Å². The Balaban J connectivity index is 2.61. The van der Waals surface area contributed by atoms with E-state index in [0.717, 1.165) is 6.42 Å². The Hall–Kier alpha value is -0.550. The summed E-state index contributed by atoms with van der Waals surface area (Å²) in [6.07, 6.45) is 3.66. The van der Waals surface area contributed by atoms with Gasteiger partial charge in [-0.3, -0.25) is 0 Å². The van der Waals surface area contributed by atoms with Gasteiger partial charge in [-0.2, -0.15) is 0 Å². The molecule has 0 amide bonds. The highest BCUT2D eigenvalue weighted by Gasteiger charge is 2.30. The molecule has 14 heavy (non-hydrogen) atoms. The van der Waals surface area contributed by atoms with Crippen molar-refractivity contribution < 1.29 is 18.9 Å². The monoisotopic (exact) mass is 222 g/mol. The van der Waals surface area contributed by atoms with Crippen LogP contribution in [0, 0.1) is 0 Å². The summed E-state index contributed by atoms with van der Waals surface area (Å²) in [5.74, 6) is 0. The van der Waals surface area contributed by atoms with E-state index in [2.05, 4.69) is 4.52 Å². The van der Waals surface area contributed by atoms with E-state index in [-0.39, 0.29) is 0 Å². The third kappa shape index (κ3) is 2.99. The summed E-state index contributed by atoms with van der Waals surface area (Å²) in [4.78, 5) is 20.7. The fourth-order valence-corrected chi connectivity index (χ4v) is 1.79. The lowest BCUT2D eigenvalue weighted by Gasteiger charge is -2.29. The van der Waals surface area contributed by atoms with Crippen molar-refractivity contribution in [2.24, 2.45) is 0 Å². The van der Waals surface area contributed by atoms with Crippen molar-refractivity contribution in [1.29, 1.82) is 0 Å². The lowest BCUT2D eigenvalue weighted by atomic mass is 10.4. The van der Waals surface area contributed by atoms with Crippen LogP contribution in [0.1, 0.15) is 13.3 Å². The molecule has 0 saturated heterocycles. The van der Waals surface area contributed by atoms with E-state index in [4.69, 9.17) is 9.79 Å². The molecule has 1 unspecified atom stereocenters. The maximum atomic E-state index is 10.7. The standard InChI is InChI=1S/C7H15N2O4P/c1-3-4-9-6-5-8(2)7(9)13-14(10,11)12/h5-7H,3-4H2,1-2H3,(H2,10,11,12). The second-order valence-corrected chi connectivity index (χ2v) is 4.32. The zero-order valence-corrected chi connectivity index (χ0v) is 9.09. The highest BCUT2D eigenvalue weighted by atomic mass is 31.2. The molecule has 0 aliphatic carbocycles. The van der Waals surface area contributed by atoms with Crippen LogP contribution in [0.5, 0.6) is 0 Å². The van der Waals surface area contributed by atoms with E-state index in [0.29, 0.717) is 6.54 Å². The minimum absolute atomic E-state index is 0.698. The first-order valence-electron chi connectivity index (χ1n) is 4.34. The number of nitrogens with zero attached hydrogens (tertiary/aromatic N) is 2. The summed E-state index contributed by atoms with van der Waals surface area (Å²) >= 11 is 0. The fraction of sp³-hybridized carbons (Fsp3) is 0.714. The number of rotatable bonds is 4. The van der Waals surface area contributed by atoms with E-state index in [1.807, 2.05) is 6.92 Å². The van der Waals surface area contributed by atoms with Gasteiger partial charge in [0.1, 0.15) is 0 Å². The van der Waals surface area contributed by atoms with E-state index in [1.54, 1.807) is 29.2 Å². The minimum atomic E-state index is -4.44. The number of hydrogen-bond donors (Lipinski definition) is 2. The van der Waals surface area contributed by atoms with Crippen molar-refractivity contribution >= 4 is 7.82 Å². The quantitative estimate of drug-likeness (QED) is 0.675. The summed E-state index contributed by atoms with van der Waals surface area (Å²) in [6.45, 7) is 2.69. The van der Waals surface area contributed by atoms with Crippen molar-refractivity contribution in [3.63, 3.8) is 0 Å². The minimum Gasteiger partial charge on any atom is -0.337 e.